The van der Waals surface area contributed by atoms with Gasteiger partial charge >= 0.3 is 6.18 Å². The highest BCUT2D eigenvalue weighted by atomic mass is 32.2. The second-order valence-corrected chi connectivity index (χ2v) is 7.45. The highest BCUT2D eigenvalue weighted by Crippen LogP contribution is 2.33. The predicted octanol–water partition coefficient (Wildman–Crippen LogP) is 3.97. The minimum absolute atomic E-state index is 0.0268. The molecular formula is C17H19F4NO2S. The summed E-state index contributed by atoms with van der Waals surface area (Å²) in [7, 11) is 0. The third-order valence-electron chi connectivity index (χ3n) is 4.55. The van der Waals surface area contributed by atoms with Crippen LogP contribution in [0.5, 0.6) is 0 Å². The molecule has 3 rings (SSSR count). The van der Waals surface area contributed by atoms with E-state index in [0.717, 1.165) is 36.8 Å². The molecule has 2 heterocycles. The van der Waals surface area contributed by atoms with Crippen LogP contribution in [-0.4, -0.2) is 47.6 Å². The Bertz CT molecular complexity index is 626. The largest absolute Gasteiger partial charge is 0.419 e. The second kappa shape index (κ2) is 7.53. The number of nitrogens with zero attached hydrogens (tertiary/aromatic N) is 1. The van der Waals surface area contributed by atoms with E-state index in [1.54, 1.807) is 16.7 Å². The zero-order chi connectivity index (χ0) is 18.0. The molecule has 1 aromatic rings. The minimum atomic E-state index is -4.83. The van der Waals surface area contributed by atoms with Crippen molar-refractivity contribution in [2.24, 2.45) is 0 Å². The SMILES string of the molecule is O=C(c1ccc(F)c(C(F)(F)F)c1)N(C[C@@H]1CCCO1)[C@@H]1CCSC1. The summed E-state index contributed by atoms with van der Waals surface area (Å²) in [5.74, 6) is -0.192. The predicted molar refractivity (Wildman–Crippen MR) is 87.1 cm³/mol. The highest BCUT2D eigenvalue weighted by molar-refractivity contribution is 7.99. The topological polar surface area (TPSA) is 29.5 Å². The maximum Gasteiger partial charge on any atom is 0.419 e. The molecule has 0 aromatic heterocycles. The van der Waals surface area contributed by atoms with E-state index in [-0.39, 0.29) is 17.7 Å². The van der Waals surface area contributed by atoms with E-state index in [1.807, 2.05) is 0 Å². The molecule has 2 aliphatic heterocycles. The molecule has 0 spiro atoms. The van der Waals surface area contributed by atoms with E-state index >= 15 is 0 Å². The molecule has 0 bridgehead atoms. The standard InChI is InChI=1S/C17H19F4NO2S/c18-15-4-3-11(8-14(15)17(19,20)21)16(23)22(12-5-7-25-10-12)9-13-2-1-6-24-13/h3-4,8,12-13H,1-2,5-7,9-10H2/t12-,13+/m1/s1. The summed E-state index contributed by atoms with van der Waals surface area (Å²) in [4.78, 5) is 14.5. The van der Waals surface area contributed by atoms with E-state index in [2.05, 4.69) is 0 Å². The number of alkyl halides is 3. The Morgan fingerprint density at radius 2 is 2.12 bits per heavy atom. The fourth-order valence-corrected chi connectivity index (χ4v) is 4.44. The van der Waals surface area contributed by atoms with Crippen molar-refractivity contribution in [2.45, 2.75) is 37.6 Å². The fraction of sp³-hybridized carbons (Fsp3) is 0.588. The van der Waals surface area contributed by atoms with Gasteiger partial charge in [0.15, 0.2) is 0 Å². The summed E-state index contributed by atoms with van der Waals surface area (Å²) in [6.07, 6.45) is -2.36. The number of amides is 1. The minimum Gasteiger partial charge on any atom is -0.376 e. The van der Waals surface area contributed by atoms with Gasteiger partial charge in [0, 0.05) is 30.5 Å². The molecule has 0 saturated carbocycles. The van der Waals surface area contributed by atoms with Gasteiger partial charge in [-0.3, -0.25) is 4.79 Å². The van der Waals surface area contributed by atoms with E-state index in [0.29, 0.717) is 25.3 Å². The Labute approximate surface area is 147 Å². The van der Waals surface area contributed by atoms with Crippen LogP contribution in [0.1, 0.15) is 35.2 Å². The maximum absolute atomic E-state index is 13.5. The summed E-state index contributed by atoms with van der Waals surface area (Å²) < 4.78 is 57.9. The van der Waals surface area contributed by atoms with Crippen LogP contribution in [0.25, 0.3) is 0 Å². The molecule has 2 aliphatic rings. The average molecular weight is 377 g/mol. The molecule has 25 heavy (non-hydrogen) atoms. The Morgan fingerprint density at radius 1 is 1.32 bits per heavy atom. The van der Waals surface area contributed by atoms with Crippen LogP contribution < -0.4 is 0 Å². The van der Waals surface area contributed by atoms with Gasteiger partial charge in [0.1, 0.15) is 5.82 Å². The van der Waals surface area contributed by atoms with Crippen molar-refractivity contribution in [1.82, 2.24) is 4.90 Å². The molecule has 8 heteroatoms. The first-order valence-corrected chi connectivity index (χ1v) is 9.39. The summed E-state index contributed by atoms with van der Waals surface area (Å²) in [6, 6.07) is 2.42. The lowest BCUT2D eigenvalue weighted by Gasteiger charge is -2.31. The monoisotopic (exact) mass is 377 g/mol. The number of ether oxygens (including phenoxy) is 1. The Kier molecular flexibility index (Phi) is 5.58. The molecule has 3 nitrogen and oxygen atoms in total. The number of halogens is 4. The number of carbonyl (C=O) groups excluding carboxylic acids is 1. The third kappa shape index (κ3) is 4.28. The maximum atomic E-state index is 13.5. The van der Waals surface area contributed by atoms with Crippen molar-refractivity contribution in [2.75, 3.05) is 24.7 Å². The molecule has 2 saturated heterocycles. The van der Waals surface area contributed by atoms with Crippen molar-refractivity contribution < 1.29 is 27.1 Å². The molecule has 0 radical (unpaired) electrons. The fourth-order valence-electron chi connectivity index (χ4n) is 3.21. The van der Waals surface area contributed by atoms with Crippen molar-refractivity contribution >= 4 is 17.7 Å². The van der Waals surface area contributed by atoms with Gasteiger partial charge in [0.2, 0.25) is 0 Å². The third-order valence-corrected chi connectivity index (χ3v) is 5.70. The van der Waals surface area contributed by atoms with E-state index < -0.39 is 23.5 Å². The van der Waals surface area contributed by atoms with Crippen LogP contribution in [0.2, 0.25) is 0 Å². The average Bonchev–Trinajstić information content (AvgIpc) is 3.25. The van der Waals surface area contributed by atoms with Crippen LogP contribution in [0, 0.1) is 5.82 Å². The highest BCUT2D eigenvalue weighted by Gasteiger charge is 2.36. The van der Waals surface area contributed by atoms with Crippen LogP contribution >= 0.6 is 11.8 Å². The van der Waals surface area contributed by atoms with Gasteiger partial charge in [0.25, 0.3) is 5.91 Å². The van der Waals surface area contributed by atoms with Crippen LogP contribution in [0.4, 0.5) is 17.6 Å². The molecule has 1 aromatic carbocycles. The Balaban J connectivity index is 1.86. The summed E-state index contributed by atoms with van der Waals surface area (Å²) in [5.41, 5.74) is -1.54. The van der Waals surface area contributed by atoms with Crippen molar-refractivity contribution in [3.63, 3.8) is 0 Å². The summed E-state index contributed by atoms with van der Waals surface area (Å²) in [5, 5.41) is 0. The molecule has 2 fully saturated rings. The van der Waals surface area contributed by atoms with Crippen LogP contribution in [0.3, 0.4) is 0 Å². The van der Waals surface area contributed by atoms with Gasteiger partial charge in [-0.2, -0.15) is 24.9 Å². The second-order valence-electron chi connectivity index (χ2n) is 6.30. The van der Waals surface area contributed by atoms with Crippen LogP contribution in [0.15, 0.2) is 18.2 Å². The number of carbonyl (C=O) groups is 1. The molecular weight excluding hydrogens is 358 g/mol. The smallest absolute Gasteiger partial charge is 0.376 e. The lowest BCUT2D eigenvalue weighted by atomic mass is 10.1. The Hall–Kier alpha value is -1.28. The quantitative estimate of drug-likeness (QED) is 0.744. The van der Waals surface area contributed by atoms with Gasteiger partial charge in [-0.15, -0.1) is 0 Å². The van der Waals surface area contributed by atoms with E-state index in [9.17, 15) is 22.4 Å². The first-order valence-electron chi connectivity index (χ1n) is 8.23. The number of hydrogen-bond donors (Lipinski definition) is 0. The molecule has 0 N–H and O–H groups in total. The molecule has 0 aliphatic carbocycles. The van der Waals surface area contributed by atoms with Crippen molar-refractivity contribution in [1.29, 1.82) is 0 Å². The van der Waals surface area contributed by atoms with Gasteiger partial charge < -0.3 is 9.64 Å². The zero-order valence-electron chi connectivity index (χ0n) is 13.5. The Morgan fingerprint density at radius 3 is 2.72 bits per heavy atom. The summed E-state index contributed by atoms with van der Waals surface area (Å²) in [6.45, 7) is 1.00. The van der Waals surface area contributed by atoms with Gasteiger partial charge in [0.05, 0.1) is 11.7 Å². The van der Waals surface area contributed by atoms with Gasteiger partial charge in [-0.05, 0) is 43.2 Å². The number of benzene rings is 1. The normalized spacial score (nSPS) is 23.8. The van der Waals surface area contributed by atoms with Crippen molar-refractivity contribution in [3.05, 3.63) is 35.1 Å². The van der Waals surface area contributed by atoms with E-state index in [4.69, 9.17) is 4.74 Å². The van der Waals surface area contributed by atoms with Crippen molar-refractivity contribution in [3.8, 4) is 0 Å². The van der Waals surface area contributed by atoms with Crippen LogP contribution in [-0.2, 0) is 10.9 Å². The first kappa shape index (κ1) is 18.5. The lowest BCUT2D eigenvalue weighted by molar-refractivity contribution is -0.140. The van der Waals surface area contributed by atoms with Gasteiger partial charge in [-0.1, -0.05) is 0 Å². The number of rotatable bonds is 4. The molecule has 0 unspecified atom stereocenters. The number of hydrogen-bond acceptors (Lipinski definition) is 3. The zero-order valence-corrected chi connectivity index (χ0v) is 14.3. The number of thioether (sulfide) groups is 1. The molecule has 138 valence electrons. The van der Waals surface area contributed by atoms with Gasteiger partial charge in [-0.25, -0.2) is 4.39 Å². The molecule has 2 atom stereocenters. The first-order chi connectivity index (χ1) is 11.9. The summed E-state index contributed by atoms with van der Waals surface area (Å²) >= 11 is 1.72. The lowest BCUT2D eigenvalue weighted by Crippen LogP contribution is -2.44. The van der Waals surface area contributed by atoms with E-state index in [1.165, 1.54) is 0 Å². The molecule has 1 amide bonds.